The molecule has 2 aliphatic rings. The smallest absolute Gasteiger partial charge is 0.426 e. The molecule has 362 valence electrons. The van der Waals surface area contributed by atoms with Gasteiger partial charge in [-0.1, -0.05) is 0 Å². The molecule has 0 radical (unpaired) electrons. The molecule has 4 atom stereocenters. The molecule has 0 aliphatic carbocycles. The molecule has 2 N–H and O–H groups in total. The molecule has 0 aromatic rings. The van der Waals surface area contributed by atoms with Gasteiger partial charge >= 0.3 is 46.5 Å². The van der Waals surface area contributed by atoms with Crippen LogP contribution in [-0.2, 0) is 72.7 Å². The molecule has 0 aromatic carbocycles. The van der Waals surface area contributed by atoms with Gasteiger partial charge < -0.3 is 38.8 Å². The highest BCUT2D eigenvalue weighted by Gasteiger charge is 2.46. The Morgan fingerprint density at radius 3 is 1.40 bits per heavy atom. The van der Waals surface area contributed by atoms with Crippen LogP contribution in [0.2, 0.25) is 0 Å². The van der Waals surface area contributed by atoms with Crippen LogP contribution >= 0.6 is 0 Å². The SMILES string of the molecule is CC(C)(C)OC(=O)C[C@@H](CO)NC(=O)OC(C)(C)C.CC(C)(C)OC(=O)C[C@H]1COS(=O)(=O)N1C(=O)OC(C)(C)C.CC(C)(C)OC(=O)C[C@H]1COS(=O)N1C(=O)OC(C)(C)C. The third kappa shape index (κ3) is 26.0. The number of ether oxygens (including phenoxy) is 6. The fraction of sp³-hybridized carbons (Fsp3) is 0.846. The third-order valence-corrected chi connectivity index (χ3v) is 8.87. The van der Waals surface area contributed by atoms with Crippen molar-refractivity contribution in [1.82, 2.24) is 13.9 Å². The second-order valence-electron chi connectivity index (χ2n) is 20.0. The number of aliphatic hydroxyl groups is 1. The Labute approximate surface area is 369 Å². The monoisotopic (exact) mass is 933 g/mol. The van der Waals surface area contributed by atoms with Gasteiger partial charge in [0, 0.05) is 0 Å². The Bertz CT molecular complexity index is 1650. The lowest BCUT2D eigenvalue weighted by Crippen LogP contribution is -2.44. The number of esters is 3. The van der Waals surface area contributed by atoms with E-state index in [1.807, 2.05) is 0 Å². The molecular formula is C39H71N3O18S2. The molecule has 2 fully saturated rings. The highest BCUT2D eigenvalue weighted by Crippen LogP contribution is 2.26. The van der Waals surface area contributed by atoms with Crippen LogP contribution in [0, 0.1) is 0 Å². The largest absolute Gasteiger partial charge is 0.460 e. The van der Waals surface area contributed by atoms with Gasteiger partial charge in [0.15, 0.2) is 0 Å². The molecular weight excluding hydrogens is 863 g/mol. The van der Waals surface area contributed by atoms with Crippen molar-refractivity contribution in [2.24, 2.45) is 0 Å². The first kappa shape index (κ1) is 58.2. The number of rotatable bonds is 8. The number of nitrogens with one attached hydrogen (secondary N) is 1. The summed E-state index contributed by atoms with van der Waals surface area (Å²) in [5.41, 5.74) is -4.14. The van der Waals surface area contributed by atoms with Gasteiger partial charge in [0.05, 0.1) is 57.2 Å². The summed E-state index contributed by atoms with van der Waals surface area (Å²) < 4.78 is 77.0. The molecule has 0 spiro atoms. The van der Waals surface area contributed by atoms with Gasteiger partial charge in [0.25, 0.3) is 11.3 Å². The van der Waals surface area contributed by atoms with E-state index < -0.39 is 109 Å². The quantitative estimate of drug-likeness (QED) is 0.236. The van der Waals surface area contributed by atoms with Gasteiger partial charge in [-0.25, -0.2) is 18.6 Å². The highest BCUT2D eigenvalue weighted by molar-refractivity contribution is 7.85. The van der Waals surface area contributed by atoms with Crippen molar-refractivity contribution in [3.63, 3.8) is 0 Å². The van der Waals surface area contributed by atoms with Crippen molar-refractivity contribution in [1.29, 1.82) is 0 Å². The normalized spacial score (nSPS) is 19.6. The Kier molecular flexibility index (Phi) is 21.3. The van der Waals surface area contributed by atoms with Crippen LogP contribution in [0.4, 0.5) is 14.4 Å². The number of carbonyl (C=O) groups excluding carboxylic acids is 6. The Morgan fingerprint density at radius 1 is 0.613 bits per heavy atom. The number of carbonyl (C=O) groups is 6. The number of hydrogen-bond acceptors (Lipinski definition) is 18. The van der Waals surface area contributed by atoms with E-state index in [2.05, 4.69) is 9.50 Å². The minimum atomic E-state index is -4.25. The van der Waals surface area contributed by atoms with E-state index in [0.717, 1.165) is 4.31 Å². The zero-order valence-corrected chi connectivity index (χ0v) is 41.2. The van der Waals surface area contributed by atoms with Gasteiger partial charge in [-0.3, -0.25) is 22.7 Å². The average Bonchev–Trinajstić information content (AvgIpc) is 3.48. The molecule has 21 nitrogen and oxygen atoms in total. The number of hydrogen-bond donors (Lipinski definition) is 2. The molecule has 0 saturated carbocycles. The number of amides is 3. The summed E-state index contributed by atoms with van der Waals surface area (Å²) in [6.07, 6.45) is -3.01. The average molecular weight is 934 g/mol. The lowest BCUT2D eigenvalue weighted by molar-refractivity contribution is -0.157. The zero-order valence-electron chi connectivity index (χ0n) is 39.6. The molecule has 1 unspecified atom stereocenters. The lowest BCUT2D eigenvalue weighted by atomic mass is 10.1. The van der Waals surface area contributed by atoms with E-state index in [1.165, 1.54) is 0 Å². The first-order valence-electron chi connectivity index (χ1n) is 19.8. The number of alkyl carbamates (subject to hydrolysis) is 1. The fourth-order valence-electron chi connectivity index (χ4n) is 4.57. The molecule has 0 bridgehead atoms. The molecule has 0 aromatic heterocycles. The van der Waals surface area contributed by atoms with E-state index in [0.29, 0.717) is 4.31 Å². The van der Waals surface area contributed by atoms with E-state index in [4.69, 9.17) is 37.7 Å². The van der Waals surface area contributed by atoms with Crippen LogP contribution in [0.1, 0.15) is 144 Å². The summed E-state index contributed by atoms with van der Waals surface area (Å²) in [6, 6.07) is -2.35. The molecule has 23 heteroatoms. The van der Waals surface area contributed by atoms with Gasteiger partial charge in [-0.05, 0) is 125 Å². The predicted octanol–water partition coefficient (Wildman–Crippen LogP) is 5.14. The molecule has 2 aliphatic heterocycles. The van der Waals surface area contributed by atoms with E-state index in [9.17, 15) is 41.4 Å². The summed E-state index contributed by atoms with van der Waals surface area (Å²) in [6.45, 7) is 30.0. The van der Waals surface area contributed by atoms with Crippen LogP contribution in [0.5, 0.6) is 0 Å². The molecule has 62 heavy (non-hydrogen) atoms. The minimum Gasteiger partial charge on any atom is -0.460 e. The first-order valence-corrected chi connectivity index (χ1v) is 22.2. The van der Waals surface area contributed by atoms with Crippen LogP contribution in [0.3, 0.4) is 0 Å². The van der Waals surface area contributed by atoms with Crippen molar-refractivity contribution in [2.45, 2.75) is 196 Å². The van der Waals surface area contributed by atoms with Crippen molar-refractivity contribution in [2.75, 3.05) is 19.8 Å². The van der Waals surface area contributed by atoms with E-state index in [1.54, 1.807) is 125 Å². The van der Waals surface area contributed by atoms with Gasteiger partial charge in [-0.15, -0.1) is 0 Å². The summed E-state index contributed by atoms with van der Waals surface area (Å²) in [5.74, 6) is -1.59. The van der Waals surface area contributed by atoms with Crippen LogP contribution in [-0.4, -0.2) is 134 Å². The fourth-order valence-corrected chi connectivity index (χ4v) is 6.66. The second-order valence-corrected chi connectivity index (χ2v) is 22.6. The maximum atomic E-state index is 12.0. The lowest BCUT2D eigenvalue weighted by Gasteiger charge is -2.26. The highest BCUT2D eigenvalue weighted by atomic mass is 32.2. The van der Waals surface area contributed by atoms with Crippen molar-refractivity contribution in [3.8, 4) is 0 Å². The van der Waals surface area contributed by atoms with E-state index >= 15 is 0 Å². The standard InChI is InChI=1S/C13H23NO7S.C13H23NO6S.C13H25NO5/c1-12(2,3)20-10(15)7-9-8-19-22(17,18)14(9)11(16)21-13(4,5)6;1-12(2,3)19-10(15)7-9-8-18-21(17)14(9)11(16)20-13(4,5)6;1-12(2,3)18-10(16)7-9(8-15)14-11(17)19-13(4,5)6/h9H,7-8H2,1-6H3;9H,7-8H2,1-6H3;9,15H,7-8H2,1-6H3,(H,14,17)/t9-;9-,21?;9-/m000/s1. The molecule has 2 heterocycles. The molecule has 2 saturated heterocycles. The Balaban J connectivity index is 0.000000903. The van der Waals surface area contributed by atoms with Crippen molar-refractivity contribution < 1.29 is 83.3 Å². The third-order valence-electron chi connectivity index (χ3n) is 6.40. The Morgan fingerprint density at radius 2 is 1.00 bits per heavy atom. The van der Waals surface area contributed by atoms with Gasteiger partial charge in [0.2, 0.25) is 0 Å². The minimum absolute atomic E-state index is 0.00506. The van der Waals surface area contributed by atoms with E-state index in [-0.39, 0.29) is 39.1 Å². The van der Waals surface area contributed by atoms with Crippen LogP contribution in [0.25, 0.3) is 0 Å². The summed E-state index contributed by atoms with van der Waals surface area (Å²) in [4.78, 5) is 70.8. The summed E-state index contributed by atoms with van der Waals surface area (Å²) in [5, 5.41) is 11.6. The maximum Gasteiger partial charge on any atom is 0.426 e. The molecule has 2 rings (SSSR count). The number of aliphatic hydroxyl groups excluding tert-OH is 1. The summed E-state index contributed by atoms with van der Waals surface area (Å²) >= 11 is -1.94. The Hall–Kier alpha value is -3.80. The predicted molar refractivity (Wildman–Crippen MR) is 224 cm³/mol. The van der Waals surface area contributed by atoms with Crippen molar-refractivity contribution >= 4 is 57.8 Å². The van der Waals surface area contributed by atoms with Gasteiger partial charge in [0.1, 0.15) is 33.6 Å². The molecule has 3 amide bonds. The van der Waals surface area contributed by atoms with Crippen LogP contribution < -0.4 is 5.32 Å². The topological polar surface area (TPSA) is 266 Å². The van der Waals surface area contributed by atoms with Crippen LogP contribution in [0.15, 0.2) is 0 Å². The first-order chi connectivity index (χ1) is 27.5. The zero-order chi connectivity index (χ0) is 49.0. The number of nitrogens with zero attached hydrogens (tertiary/aromatic N) is 2. The maximum absolute atomic E-state index is 12.0. The van der Waals surface area contributed by atoms with Gasteiger partial charge in [-0.2, -0.15) is 17.0 Å². The van der Waals surface area contributed by atoms with Crippen molar-refractivity contribution in [3.05, 3.63) is 0 Å². The summed E-state index contributed by atoms with van der Waals surface area (Å²) in [7, 11) is -4.25. The second kappa shape index (κ2) is 22.7.